The summed E-state index contributed by atoms with van der Waals surface area (Å²) in [4.78, 5) is 0. The van der Waals surface area contributed by atoms with Crippen molar-refractivity contribution in [1.82, 2.24) is 0 Å². The molecule has 13 heavy (non-hydrogen) atoms. The number of rotatable bonds is 2. The zero-order chi connectivity index (χ0) is 8.39. The molecule has 0 nitrogen and oxygen atoms in total. The second-order valence-electron chi connectivity index (χ2n) is 3.14. The van der Waals surface area contributed by atoms with Crippen molar-refractivity contribution in [2.45, 2.75) is 5.38 Å². The fourth-order valence-corrected chi connectivity index (χ4v) is 1.92. The van der Waals surface area contributed by atoms with Crippen molar-refractivity contribution in [2.75, 3.05) is 0 Å². The number of alkyl halides is 1. The van der Waals surface area contributed by atoms with Crippen molar-refractivity contribution >= 4 is 11.6 Å². The average molecular weight is 227 g/mol. The fraction of sp³-hybridized carbons (Fsp3) is 0.273. The molecule has 0 fully saturated rings. The van der Waals surface area contributed by atoms with Gasteiger partial charge in [-0.25, -0.2) is 0 Å². The van der Waals surface area contributed by atoms with Crippen LogP contribution in [0.2, 0.25) is 0 Å². The van der Waals surface area contributed by atoms with Crippen LogP contribution in [-0.4, -0.2) is 5.38 Å². The van der Waals surface area contributed by atoms with Crippen molar-refractivity contribution in [3.63, 3.8) is 0 Å². The van der Waals surface area contributed by atoms with Gasteiger partial charge in [0.1, 0.15) is 0 Å². The predicted molar refractivity (Wildman–Crippen MR) is 53.2 cm³/mol. The minimum atomic E-state index is 0. The first-order valence-corrected chi connectivity index (χ1v) is 4.65. The van der Waals surface area contributed by atoms with Gasteiger partial charge in [-0.1, -0.05) is 48.6 Å². The van der Waals surface area contributed by atoms with Gasteiger partial charge in [0.2, 0.25) is 0 Å². The molecule has 2 aliphatic rings. The maximum absolute atomic E-state index is 6.29. The SMILES string of the molecule is ClC(C1C=CC=C1)C1C=CC=C1.[Ti]. The average Bonchev–Trinajstić information content (AvgIpc) is 2.77. The standard InChI is InChI=1S/C11H11Cl.Ti/c12-11(9-5-1-2-6-9)10-7-3-4-8-10;/h1-11H;. The first-order valence-electron chi connectivity index (χ1n) is 4.22. The molecule has 0 aliphatic heterocycles. The van der Waals surface area contributed by atoms with E-state index in [1.807, 2.05) is 0 Å². The van der Waals surface area contributed by atoms with Crippen LogP contribution in [-0.2, 0) is 21.7 Å². The number of allylic oxidation sites excluding steroid dienone is 8. The molecule has 2 heteroatoms. The quantitative estimate of drug-likeness (QED) is 0.501. The van der Waals surface area contributed by atoms with E-state index < -0.39 is 0 Å². The van der Waals surface area contributed by atoms with Gasteiger partial charge in [-0.2, -0.15) is 0 Å². The van der Waals surface area contributed by atoms with Crippen molar-refractivity contribution in [1.29, 1.82) is 0 Å². The van der Waals surface area contributed by atoms with Crippen LogP contribution in [0, 0.1) is 11.8 Å². The number of hydrogen-bond acceptors (Lipinski definition) is 0. The summed E-state index contributed by atoms with van der Waals surface area (Å²) in [6.45, 7) is 0. The van der Waals surface area contributed by atoms with Crippen LogP contribution >= 0.6 is 11.6 Å². The van der Waals surface area contributed by atoms with Gasteiger partial charge in [0, 0.05) is 33.6 Å². The van der Waals surface area contributed by atoms with E-state index in [1.165, 1.54) is 0 Å². The molecular weight excluding hydrogens is 215 g/mol. The summed E-state index contributed by atoms with van der Waals surface area (Å²) in [7, 11) is 0. The number of hydrogen-bond donors (Lipinski definition) is 0. The second-order valence-corrected chi connectivity index (χ2v) is 3.64. The van der Waals surface area contributed by atoms with Gasteiger partial charge in [-0.3, -0.25) is 0 Å². The summed E-state index contributed by atoms with van der Waals surface area (Å²) < 4.78 is 0. The van der Waals surface area contributed by atoms with E-state index in [2.05, 4.69) is 48.6 Å². The third-order valence-electron chi connectivity index (χ3n) is 2.29. The summed E-state index contributed by atoms with van der Waals surface area (Å²) in [6, 6.07) is 0. The third kappa shape index (κ3) is 2.46. The maximum Gasteiger partial charge on any atom is 0.0530 e. The predicted octanol–water partition coefficient (Wildman–Crippen LogP) is 3.08. The summed E-state index contributed by atoms with van der Waals surface area (Å²) >= 11 is 6.29. The summed E-state index contributed by atoms with van der Waals surface area (Å²) in [5, 5.41) is 0.176. The fourth-order valence-electron chi connectivity index (χ4n) is 1.58. The zero-order valence-electron chi connectivity index (χ0n) is 7.23. The molecule has 0 amide bonds. The molecule has 2 rings (SSSR count). The molecule has 0 spiro atoms. The van der Waals surface area contributed by atoms with E-state index >= 15 is 0 Å². The van der Waals surface area contributed by atoms with Gasteiger partial charge in [0.25, 0.3) is 0 Å². The molecule has 0 bridgehead atoms. The van der Waals surface area contributed by atoms with Gasteiger partial charge in [0.05, 0.1) is 5.38 Å². The topological polar surface area (TPSA) is 0 Å². The van der Waals surface area contributed by atoms with Crippen molar-refractivity contribution in [2.24, 2.45) is 11.8 Å². The monoisotopic (exact) mass is 226 g/mol. The molecule has 0 radical (unpaired) electrons. The largest absolute Gasteiger partial charge is 0.121 e. The Kier molecular flexibility index (Phi) is 4.24. The van der Waals surface area contributed by atoms with Gasteiger partial charge in [-0.05, 0) is 0 Å². The van der Waals surface area contributed by atoms with E-state index in [-0.39, 0.29) is 27.1 Å². The van der Waals surface area contributed by atoms with E-state index in [0.717, 1.165) is 0 Å². The summed E-state index contributed by atoms with van der Waals surface area (Å²) in [6.07, 6.45) is 16.8. The second kappa shape index (κ2) is 5.00. The van der Waals surface area contributed by atoms with Crippen LogP contribution < -0.4 is 0 Å². The summed E-state index contributed by atoms with van der Waals surface area (Å²) in [5.41, 5.74) is 0. The van der Waals surface area contributed by atoms with E-state index in [0.29, 0.717) is 11.8 Å². The van der Waals surface area contributed by atoms with Crippen LogP contribution in [0.5, 0.6) is 0 Å². The molecule has 0 heterocycles. The van der Waals surface area contributed by atoms with Crippen molar-refractivity contribution < 1.29 is 21.7 Å². The molecule has 0 saturated carbocycles. The smallest absolute Gasteiger partial charge is 0.0530 e. The molecule has 0 saturated heterocycles. The van der Waals surface area contributed by atoms with E-state index in [1.54, 1.807) is 0 Å². The van der Waals surface area contributed by atoms with Crippen molar-refractivity contribution in [3.05, 3.63) is 48.6 Å². The molecule has 2 aliphatic carbocycles. The Labute approximate surface area is 98.9 Å². The minimum Gasteiger partial charge on any atom is -0.121 e. The van der Waals surface area contributed by atoms with Gasteiger partial charge in [-0.15, -0.1) is 11.6 Å². The van der Waals surface area contributed by atoms with E-state index in [9.17, 15) is 0 Å². The molecule has 0 unspecified atom stereocenters. The van der Waals surface area contributed by atoms with Gasteiger partial charge in [0.15, 0.2) is 0 Å². The van der Waals surface area contributed by atoms with Crippen LogP contribution in [0.3, 0.4) is 0 Å². The number of halogens is 1. The third-order valence-corrected chi connectivity index (χ3v) is 2.87. The zero-order valence-corrected chi connectivity index (χ0v) is 9.55. The van der Waals surface area contributed by atoms with E-state index in [4.69, 9.17) is 11.6 Å². The Morgan fingerprint density at radius 1 is 0.769 bits per heavy atom. The Hall–Kier alpha value is -0.0357. The van der Waals surface area contributed by atoms with Crippen LogP contribution in [0.15, 0.2) is 48.6 Å². The Bertz CT molecular complexity index is 224. The molecule has 0 atom stereocenters. The summed E-state index contributed by atoms with van der Waals surface area (Å²) in [5.74, 6) is 0.813. The minimum absolute atomic E-state index is 0. The molecular formula is C11H11ClTi. The molecule has 0 aromatic rings. The Morgan fingerprint density at radius 2 is 1.08 bits per heavy atom. The molecule has 0 aromatic heterocycles. The van der Waals surface area contributed by atoms with Gasteiger partial charge >= 0.3 is 0 Å². The first kappa shape index (κ1) is 11.0. The Balaban J connectivity index is 0.000000845. The van der Waals surface area contributed by atoms with Crippen LogP contribution in [0.1, 0.15) is 0 Å². The normalized spacial score (nSPS) is 20.5. The Morgan fingerprint density at radius 3 is 1.38 bits per heavy atom. The maximum atomic E-state index is 6.29. The molecule has 0 N–H and O–H groups in total. The van der Waals surface area contributed by atoms with Crippen LogP contribution in [0.25, 0.3) is 0 Å². The van der Waals surface area contributed by atoms with Gasteiger partial charge < -0.3 is 0 Å². The van der Waals surface area contributed by atoms with Crippen molar-refractivity contribution in [3.8, 4) is 0 Å². The van der Waals surface area contributed by atoms with Crippen LogP contribution in [0.4, 0.5) is 0 Å². The molecule has 0 aromatic carbocycles. The molecule has 66 valence electrons. The first-order chi connectivity index (χ1) is 5.88.